The zero-order chi connectivity index (χ0) is 16.1. The van der Waals surface area contributed by atoms with Crippen LogP contribution in [0.3, 0.4) is 0 Å². The quantitative estimate of drug-likeness (QED) is 0.839. The first kappa shape index (κ1) is 17.9. The molecular weight excluding hydrogens is 293 g/mol. The van der Waals surface area contributed by atoms with Gasteiger partial charge in [0.25, 0.3) is 0 Å². The highest BCUT2D eigenvalue weighted by atomic mass is 32.2. The molecule has 1 rings (SSSR count). The molecule has 0 bridgehead atoms. The van der Waals surface area contributed by atoms with Crippen LogP contribution in [0.5, 0.6) is 5.75 Å². The van der Waals surface area contributed by atoms with E-state index in [1.807, 2.05) is 6.92 Å². The Hall–Kier alpha value is -1.14. The molecule has 1 aromatic carbocycles. The Balaban J connectivity index is 2.71. The number of hydrogen-bond acceptors (Lipinski definition) is 4. The van der Waals surface area contributed by atoms with Gasteiger partial charge in [-0.15, -0.1) is 0 Å². The third kappa shape index (κ3) is 5.28. The van der Waals surface area contributed by atoms with Crippen molar-refractivity contribution in [3.63, 3.8) is 0 Å². The normalized spacial score (nSPS) is 12.4. The van der Waals surface area contributed by atoms with Crippen LogP contribution in [0.4, 0.5) is 4.39 Å². The summed E-state index contributed by atoms with van der Waals surface area (Å²) >= 11 is 0. The Morgan fingerprint density at radius 3 is 2.52 bits per heavy atom. The third-order valence-corrected chi connectivity index (χ3v) is 5.70. The summed E-state index contributed by atoms with van der Waals surface area (Å²) < 4.78 is 42.0. The van der Waals surface area contributed by atoms with E-state index in [0.29, 0.717) is 17.9 Å². The second kappa shape index (κ2) is 7.22. The summed E-state index contributed by atoms with van der Waals surface area (Å²) in [4.78, 5) is 0. The van der Waals surface area contributed by atoms with Gasteiger partial charge in [-0.2, -0.15) is 0 Å². The zero-order valence-corrected chi connectivity index (χ0v) is 13.9. The number of halogens is 1. The Kier molecular flexibility index (Phi) is 6.16. The van der Waals surface area contributed by atoms with Gasteiger partial charge in [-0.25, -0.2) is 12.8 Å². The molecule has 0 aliphatic carbocycles. The highest BCUT2D eigenvalue weighted by Gasteiger charge is 2.28. The van der Waals surface area contributed by atoms with Crippen LogP contribution in [0.25, 0.3) is 0 Å². The molecule has 0 radical (unpaired) electrons. The van der Waals surface area contributed by atoms with E-state index in [2.05, 4.69) is 5.32 Å². The van der Waals surface area contributed by atoms with Gasteiger partial charge in [-0.3, -0.25) is 0 Å². The maximum Gasteiger partial charge on any atom is 0.158 e. The minimum Gasteiger partial charge on any atom is -0.492 e. The van der Waals surface area contributed by atoms with Gasteiger partial charge in [-0.1, -0.05) is 6.92 Å². The van der Waals surface area contributed by atoms with E-state index in [-0.39, 0.29) is 18.2 Å². The van der Waals surface area contributed by atoms with Crippen molar-refractivity contribution >= 4 is 9.84 Å². The molecule has 21 heavy (non-hydrogen) atoms. The minimum atomic E-state index is -3.22. The van der Waals surface area contributed by atoms with Gasteiger partial charge in [-0.05, 0) is 45.5 Å². The smallest absolute Gasteiger partial charge is 0.158 e. The fourth-order valence-corrected chi connectivity index (χ4v) is 2.57. The number of hydrogen-bond donors (Lipinski definition) is 1. The zero-order valence-electron chi connectivity index (χ0n) is 13.1. The van der Waals surface area contributed by atoms with Crippen LogP contribution in [0.1, 0.15) is 33.3 Å². The highest BCUT2D eigenvalue weighted by Crippen LogP contribution is 2.21. The monoisotopic (exact) mass is 317 g/mol. The number of ether oxygens (including phenoxy) is 1. The molecule has 120 valence electrons. The van der Waals surface area contributed by atoms with E-state index in [9.17, 15) is 12.8 Å². The van der Waals surface area contributed by atoms with Gasteiger partial charge >= 0.3 is 0 Å². The summed E-state index contributed by atoms with van der Waals surface area (Å²) in [5, 5.41) is 3.10. The number of rotatable bonds is 7. The molecule has 1 N–H and O–H groups in total. The van der Waals surface area contributed by atoms with Crippen LogP contribution in [0.2, 0.25) is 0 Å². The van der Waals surface area contributed by atoms with Crippen LogP contribution < -0.4 is 10.1 Å². The maximum absolute atomic E-state index is 13.3. The van der Waals surface area contributed by atoms with Gasteiger partial charge in [0.15, 0.2) is 9.84 Å². The van der Waals surface area contributed by atoms with Crippen molar-refractivity contribution in [1.82, 2.24) is 5.32 Å². The molecular formula is C15H24FNO3S. The predicted molar refractivity (Wildman–Crippen MR) is 82.8 cm³/mol. The first-order valence-electron chi connectivity index (χ1n) is 7.01. The van der Waals surface area contributed by atoms with Crippen LogP contribution in [0.15, 0.2) is 18.2 Å². The van der Waals surface area contributed by atoms with E-state index < -0.39 is 14.6 Å². The average Bonchev–Trinajstić information content (AvgIpc) is 2.37. The van der Waals surface area contributed by atoms with Gasteiger partial charge < -0.3 is 10.1 Å². The van der Waals surface area contributed by atoms with E-state index in [1.54, 1.807) is 20.8 Å². The van der Waals surface area contributed by atoms with E-state index in [0.717, 1.165) is 6.54 Å². The molecule has 4 nitrogen and oxygen atoms in total. The van der Waals surface area contributed by atoms with Gasteiger partial charge in [0.1, 0.15) is 18.2 Å². The average molecular weight is 317 g/mol. The Morgan fingerprint density at radius 2 is 1.95 bits per heavy atom. The third-order valence-electron chi connectivity index (χ3n) is 3.13. The molecule has 0 aliphatic rings. The molecule has 1 aromatic rings. The predicted octanol–water partition coefficient (Wildman–Crippen LogP) is 2.53. The lowest BCUT2D eigenvalue weighted by Gasteiger charge is -2.19. The first-order valence-corrected chi connectivity index (χ1v) is 8.67. The number of sulfone groups is 1. The Morgan fingerprint density at radius 1 is 1.29 bits per heavy atom. The van der Waals surface area contributed by atoms with Crippen molar-refractivity contribution < 1.29 is 17.5 Å². The van der Waals surface area contributed by atoms with Crippen LogP contribution in [-0.2, 0) is 16.4 Å². The molecule has 0 unspecified atom stereocenters. The minimum absolute atomic E-state index is 0.0599. The van der Waals surface area contributed by atoms with Gasteiger partial charge in [0, 0.05) is 12.1 Å². The topological polar surface area (TPSA) is 55.4 Å². The van der Waals surface area contributed by atoms with Crippen molar-refractivity contribution in [1.29, 1.82) is 0 Å². The fraction of sp³-hybridized carbons (Fsp3) is 0.600. The number of nitrogens with one attached hydrogen (secondary N) is 1. The van der Waals surface area contributed by atoms with Crippen LogP contribution >= 0.6 is 0 Å². The Labute approximate surface area is 126 Å². The second-order valence-corrected chi connectivity index (χ2v) is 8.67. The van der Waals surface area contributed by atoms with Crippen LogP contribution in [-0.4, -0.2) is 32.1 Å². The molecule has 0 saturated heterocycles. The summed E-state index contributed by atoms with van der Waals surface area (Å²) in [5.74, 6) is 0.119. The lowest BCUT2D eigenvalue weighted by atomic mass is 10.2. The van der Waals surface area contributed by atoms with Gasteiger partial charge in [0.05, 0.1) is 10.5 Å². The van der Waals surface area contributed by atoms with Crippen LogP contribution in [0, 0.1) is 5.82 Å². The van der Waals surface area contributed by atoms with E-state index >= 15 is 0 Å². The lowest BCUT2D eigenvalue weighted by Crippen LogP contribution is -2.32. The standard InChI is InChI=1S/C15H24FNO3S/c1-5-17-11-12-10-13(16)6-7-14(12)20-8-9-21(18,19)15(2,3)4/h6-7,10,17H,5,8-9,11H2,1-4H3. The fourth-order valence-electron chi connectivity index (χ4n) is 1.65. The molecule has 0 heterocycles. The SMILES string of the molecule is CCNCc1cc(F)ccc1OCCS(=O)(=O)C(C)(C)C. The van der Waals surface area contributed by atoms with Crippen molar-refractivity contribution in [3.05, 3.63) is 29.6 Å². The number of benzene rings is 1. The largest absolute Gasteiger partial charge is 0.492 e. The Bertz CT molecular complexity index is 565. The van der Waals surface area contributed by atoms with Crippen molar-refractivity contribution in [2.24, 2.45) is 0 Å². The molecule has 0 atom stereocenters. The second-order valence-electron chi connectivity index (χ2n) is 5.81. The molecule has 0 aliphatic heterocycles. The molecule has 0 spiro atoms. The summed E-state index contributed by atoms with van der Waals surface area (Å²) in [6.07, 6.45) is 0. The molecule has 6 heteroatoms. The van der Waals surface area contributed by atoms with Crippen molar-refractivity contribution in [3.8, 4) is 5.75 Å². The van der Waals surface area contributed by atoms with Crippen molar-refractivity contribution in [2.75, 3.05) is 18.9 Å². The highest BCUT2D eigenvalue weighted by molar-refractivity contribution is 7.92. The summed E-state index contributed by atoms with van der Waals surface area (Å²) in [6, 6.07) is 4.24. The summed E-state index contributed by atoms with van der Waals surface area (Å²) in [7, 11) is -3.22. The maximum atomic E-state index is 13.3. The summed E-state index contributed by atoms with van der Waals surface area (Å²) in [6.45, 7) is 8.24. The van der Waals surface area contributed by atoms with Gasteiger partial charge in [0.2, 0.25) is 0 Å². The van der Waals surface area contributed by atoms with E-state index in [1.165, 1.54) is 18.2 Å². The van der Waals surface area contributed by atoms with E-state index in [4.69, 9.17) is 4.74 Å². The first-order chi connectivity index (χ1) is 9.67. The molecule has 0 fully saturated rings. The lowest BCUT2D eigenvalue weighted by molar-refractivity contribution is 0.334. The van der Waals surface area contributed by atoms with Crippen molar-refractivity contribution in [2.45, 2.75) is 39.0 Å². The molecule has 0 aromatic heterocycles. The summed E-state index contributed by atoms with van der Waals surface area (Å²) in [5.41, 5.74) is 0.685. The molecule has 0 amide bonds. The molecule has 0 saturated carbocycles.